The van der Waals surface area contributed by atoms with Crippen LogP contribution in [0.2, 0.25) is 0 Å². The van der Waals surface area contributed by atoms with Gasteiger partial charge in [-0.25, -0.2) is 0 Å². The third kappa shape index (κ3) is 3.09. The fourth-order valence-corrected chi connectivity index (χ4v) is 2.55. The van der Waals surface area contributed by atoms with Crippen molar-refractivity contribution < 1.29 is 9.47 Å². The van der Waals surface area contributed by atoms with E-state index in [4.69, 9.17) is 9.47 Å². The van der Waals surface area contributed by atoms with Crippen molar-refractivity contribution in [3.63, 3.8) is 0 Å². The normalized spacial score (nSPS) is 21.8. The first-order chi connectivity index (χ1) is 9.62. The lowest BCUT2D eigenvalue weighted by Crippen LogP contribution is -2.21. The summed E-state index contributed by atoms with van der Waals surface area (Å²) in [5.41, 5.74) is 1.22. The largest absolute Gasteiger partial charge is 0.348 e. The zero-order valence-electron chi connectivity index (χ0n) is 12.0. The first-order valence-electron chi connectivity index (χ1n) is 7.09. The molecule has 0 amide bonds. The van der Waals surface area contributed by atoms with E-state index in [2.05, 4.69) is 54.6 Å². The molecule has 0 spiro atoms. The molecule has 1 saturated heterocycles. The molecule has 0 radical (unpaired) electrons. The van der Waals surface area contributed by atoms with Crippen molar-refractivity contribution in [2.45, 2.75) is 32.2 Å². The van der Waals surface area contributed by atoms with Crippen LogP contribution < -0.4 is 0 Å². The minimum atomic E-state index is -0.429. The highest BCUT2D eigenvalue weighted by Crippen LogP contribution is 2.24. The zero-order chi connectivity index (χ0) is 14.0. The molecule has 20 heavy (non-hydrogen) atoms. The summed E-state index contributed by atoms with van der Waals surface area (Å²) in [5.74, 6) is -0.429. The van der Waals surface area contributed by atoms with E-state index in [1.165, 1.54) is 16.3 Å². The maximum atomic E-state index is 5.78. The molecule has 0 aliphatic carbocycles. The molecule has 2 heteroatoms. The number of benzene rings is 2. The lowest BCUT2D eigenvalue weighted by atomic mass is 10.1. The van der Waals surface area contributed by atoms with E-state index in [9.17, 15) is 0 Å². The predicted octanol–water partition coefficient (Wildman–Crippen LogP) is 4.39. The second-order valence-corrected chi connectivity index (χ2v) is 5.70. The van der Waals surface area contributed by atoms with Crippen LogP contribution in [-0.2, 0) is 9.47 Å². The number of fused-ring (bicyclic) bond motifs is 1. The molecule has 1 atom stereocenters. The molecule has 2 aromatic carbocycles. The van der Waals surface area contributed by atoms with E-state index in [1.54, 1.807) is 0 Å². The van der Waals surface area contributed by atoms with E-state index in [1.807, 2.05) is 13.8 Å². The van der Waals surface area contributed by atoms with Crippen molar-refractivity contribution in [1.29, 1.82) is 0 Å². The van der Waals surface area contributed by atoms with Crippen molar-refractivity contribution in [2.75, 3.05) is 6.61 Å². The van der Waals surface area contributed by atoms with E-state index < -0.39 is 5.79 Å². The van der Waals surface area contributed by atoms with Crippen LogP contribution in [0.25, 0.3) is 16.8 Å². The molecule has 0 saturated carbocycles. The van der Waals surface area contributed by atoms with Gasteiger partial charge < -0.3 is 9.47 Å². The van der Waals surface area contributed by atoms with Crippen LogP contribution in [0.15, 0.2) is 48.5 Å². The molecule has 104 valence electrons. The fraction of sp³-hybridized carbons (Fsp3) is 0.333. The first-order valence-corrected chi connectivity index (χ1v) is 7.09. The van der Waals surface area contributed by atoms with Gasteiger partial charge >= 0.3 is 0 Å². The Morgan fingerprint density at radius 2 is 1.95 bits per heavy atom. The van der Waals surface area contributed by atoms with Crippen LogP contribution in [0.5, 0.6) is 0 Å². The van der Waals surface area contributed by atoms with Crippen LogP contribution >= 0.6 is 0 Å². The summed E-state index contributed by atoms with van der Waals surface area (Å²) in [6.45, 7) is 4.59. The summed E-state index contributed by atoms with van der Waals surface area (Å²) in [6.07, 6.45) is 5.37. The highest BCUT2D eigenvalue weighted by molar-refractivity contribution is 5.84. The Kier molecular flexibility index (Phi) is 3.60. The third-order valence-electron chi connectivity index (χ3n) is 3.55. The molecule has 2 nitrogen and oxygen atoms in total. The van der Waals surface area contributed by atoms with E-state index in [0.717, 1.165) is 6.42 Å². The zero-order valence-corrected chi connectivity index (χ0v) is 12.0. The van der Waals surface area contributed by atoms with Gasteiger partial charge in [0.1, 0.15) is 0 Å². The summed E-state index contributed by atoms with van der Waals surface area (Å²) in [4.78, 5) is 0. The standard InChI is InChI=1S/C18H20O2/c1-18(2)19-13-17(20-18)9-5-6-14-10-11-15-7-3-4-8-16(15)12-14/h3-8,10-12,17H,9,13H2,1-2H3/b6-5+. The second kappa shape index (κ2) is 5.39. The second-order valence-electron chi connectivity index (χ2n) is 5.70. The number of rotatable bonds is 3. The highest BCUT2D eigenvalue weighted by atomic mass is 16.7. The van der Waals surface area contributed by atoms with Gasteiger partial charge in [0.15, 0.2) is 5.79 Å². The molecular weight excluding hydrogens is 248 g/mol. The van der Waals surface area contributed by atoms with Gasteiger partial charge in [-0.05, 0) is 42.7 Å². The van der Waals surface area contributed by atoms with Gasteiger partial charge in [-0.3, -0.25) is 0 Å². The molecule has 3 rings (SSSR count). The van der Waals surface area contributed by atoms with E-state index in [0.29, 0.717) is 6.61 Å². The first kappa shape index (κ1) is 13.3. The SMILES string of the molecule is CC1(C)OCC(C/C=C/c2ccc3ccccc3c2)O1. The van der Waals surface area contributed by atoms with Crippen molar-refractivity contribution in [2.24, 2.45) is 0 Å². The maximum Gasteiger partial charge on any atom is 0.163 e. The van der Waals surface area contributed by atoms with Crippen LogP contribution in [0.3, 0.4) is 0 Å². The lowest BCUT2D eigenvalue weighted by Gasteiger charge is -2.16. The summed E-state index contributed by atoms with van der Waals surface area (Å²) in [6, 6.07) is 14.9. The molecule has 1 heterocycles. The van der Waals surface area contributed by atoms with Crippen molar-refractivity contribution in [3.05, 3.63) is 54.1 Å². The maximum absolute atomic E-state index is 5.78. The van der Waals surface area contributed by atoms with Crippen molar-refractivity contribution in [1.82, 2.24) is 0 Å². The summed E-state index contributed by atoms with van der Waals surface area (Å²) >= 11 is 0. The Labute approximate surface area is 120 Å². The number of hydrogen-bond donors (Lipinski definition) is 0. The van der Waals surface area contributed by atoms with E-state index in [-0.39, 0.29) is 6.10 Å². The Balaban J connectivity index is 1.65. The van der Waals surface area contributed by atoms with E-state index >= 15 is 0 Å². The van der Waals surface area contributed by atoms with Crippen LogP contribution in [0, 0.1) is 0 Å². The molecular formula is C18H20O2. The quantitative estimate of drug-likeness (QED) is 0.821. The minimum absolute atomic E-state index is 0.168. The summed E-state index contributed by atoms with van der Waals surface area (Å²) in [7, 11) is 0. The number of ether oxygens (including phenoxy) is 2. The summed E-state index contributed by atoms with van der Waals surface area (Å²) in [5, 5.41) is 2.55. The monoisotopic (exact) mass is 268 g/mol. The smallest absolute Gasteiger partial charge is 0.163 e. The van der Waals surface area contributed by atoms with Gasteiger partial charge in [-0.15, -0.1) is 0 Å². The average molecular weight is 268 g/mol. The Bertz CT molecular complexity index is 628. The van der Waals surface area contributed by atoms with Gasteiger partial charge in [0, 0.05) is 0 Å². The van der Waals surface area contributed by atoms with Crippen LogP contribution in [0.4, 0.5) is 0 Å². The van der Waals surface area contributed by atoms with Gasteiger partial charge in [-0.1, -0.05) is 48.6 Å². The van der Waals surface area contributed by atoms with Crippen molar-refractivity contribution >= 4 is 16.8 Å². The molecule has 1 aliphatic heterocycles. The molecule has 0 aromatic heterocycles. The van der Waals surface area contributed by atoms with Gasteiger partial charge in [0.05, 0.1) is 12.7 Å². The average Bonchev–Trinajstić information content (AvgIpc) is 2.78. The molecule has 0 N–H and O–H groups in total. The third-order valence-corrected chi connectivity index (χ3v) is 3.55. The van der Waals surface area contributed by atoms with Gasteiger partial charge in [0.2, 0.25) is 0 Å². The molecule has 0 bridgehead atoms. The minimum Gasteiger partial charge on any atom is -0.348 e. The Morgan fingerprint density at radius 3 is 2.70 bits per heavy atom. The lowest BCUT2D eigenvalue weighted by molar-refractivity contribution is -0.137. The molecule has 1 aliphatic rings. The van der Waals surface area contributed by atoms with Gasteiger partial charge in [0.25, 0.3) is 0 Å². The topological polar surface area (TPSA) is 18.5 Å². The fourth-order valence-electron chi connectivity index (χ4n) is 2.55. The number of hydrogen-bond acceptors (Lipinski definition) is 2. The summed E-state index contributed by atoms with van der Waals surface area (Å²) < 4.78 is 11.3. The Hall–Kier alpha value is -1.64. The molecule has 1 unspecified atom stereocenters. The Morgan fingerprint density at radius 1 is 1.15 bits per heavy atom. The van der Waals surface area contributed by atoms with Crippen molar-refractivity contribution in [3.8, 4) is 0 Å². The predicted molar refractivity (Wildman–Crippen MR) is 82.5 cm³/mol. The highest BCUT2D eigenvalue weighted by Gasteiger charge is 2.31. The molecule has 1 fully saturated rings. The van der Waals surface area contributed by atoms with Gasteiger partial charge in [-0.2, -0.15) is 0 Å². The van der Waals surface area contributed by atoms with Crippen LogP contribution in [-0.4, -0.2) is 18.5 Å². The van der Waals surface area contributed by atoms with Crippen LogP contribution in [0.1, 0.15) is 25.8 Å². The molecule has 2 aromatic rings.